The molecule has 1 aromatic carbocycles. The number of benzene rings is 1. The molecule has 1 unspecified atom stereocenters. The first-order valence-corrected chi connectivity index (χ1v) is 11.0. The first-order valence-electron chi connectivity index (χ1n) is 8.27. The monoisotopic (exact) mass is 403 g/mol. The quantitative estimate of drug-likeness (QED) is 0.583. The van der Waals surface area contributed by atoms with Gasteiger partial charge in [0.05, 0.1) is 16.3 Å². The molecule has 1 aliphatic heterocycles. The molecule has 1 amide bonds. The van der Waals surface area contributed by atoms with Gasteiger partial charge in [-0.15, -0.1) is 33.3 Å². The zero-order valence-corrected chi connectivity index (χ0v) is 16.6. The van der Waals surface area contributed by atoms with Crippen molar-refractivity contribution in [3.63, 3.8) is 0 Å². The highest BCUT2D eigenvalue weighted by Crippen LogP contribution is 2.37. The van der Waals surface area contributed by atoms with Gasteiger partial charge in [0.2, 0.25) is 5.91 Å². The summed E-state index contributed by atoms with van der Waals surface area (Å²) < 4.78 is 5.65. The minimum atomic E-state index is 0.0630. The highest BCUT2D eigenvalue weighted by molar-refractivity contribution is 8.00. The number of anilines is 1. The Hall–Kier alpha value is -1.77. The highest BCUT2D eigenvalue weighted by Gasteiger charge is 2.24. The zero-order valence-electron chi connectivity index (χ0n) is 14.1. The van der Waals surface area contributed by atoms with E-state index in [-0.39, 0.29) is 11.7 Å². The van der Waals surface area contributed by atoms with E-state index in [9.17, 15) is 4.79 Å². The molecule has 4 rings (SSSR count). The number of para-hydroxylation sites is 1. The average molecular weight is 404 g/mol. The van der Waals surface area contributed by atoms with Gasteiger partial charge in [-0.25, -0.2) is 0 Å². The van der Waals surface area contributed by atoms with E-state index in [1.807, 2.05) is 52.4 Å². The Morgan fingerprint density at radius 3 is 3.04 bits per heavy atom. The lowest BCUT2D eigenvalue weighted by Crippen LogP contribution is -2.33. The minimum absolute atomic E-state index is 0.0630. The van der Waals surface area contributed by atoms with E-state index >= 15 is 0 Å². The van der Waals surface area contributed by atoms with Crippen LogP contribution in [-0.4, -0.2) is 33.7 Å². The van der Waals surface area contributed by atoms with Crippen molar-refractivity contribution in [1.29, 1.82) is 0 Å². The molecular weight excluding hydrogens is 386 g/mol. The summed E-state index contributed by atoms with van der Waals surface area (Å²) in [6, 6.07) is 12.0. The fraction of sp³-hybridized carbons (Fsp3) is 0.278. The summed E-state index contributed by atoms with van der Waals surface area (Å²) in [6.07, 6.45) is 0.971. The number of amides is 1. The molecule has 3 heterocycles. The topological polar surface area (TPSA) is 59.2 Å². The predicted octanol–water partition coefficient (Wildman–Crippen LogP) is 4.81. The van der Waals surface area contributed by atoms with Crippen LogP contribution in [0.1, 0.15) is 13.3 Å². The Balaban J connectivity index is 1.45. The van der Waals surface area contributed by atoms with E-state index in [1.54, 1.807) is 11.3 Å². The summed E-state index contributed by atoms with van der Waals surface area (Å²) in [5.74, 6) is 0.840. The first kappa shape index (κ1) is 17.6. The Labute approximate surface area is 164 Å². The number of hydrogen-bond acceptors (Lipinski definition) is 7. The molecule has 0 spiro atoms. The van der Waals surface area contributed by atoms with E-state index in [0.29, 0.717) is 16.4 Å². The smallest absolute Gasteiger partial charge is 0.277 e. The van der Waals surface area contributed by atoms with Crippen LogP contribution in [0, 0.1) is 0 Å². The van der Waals surface area contributed by atoms with Crippen LogP contribution < -0.4 is 4.90 Å². The normalized spacial score (nSPS) is 17.0. The number of aromatic nitrogens is 2. The number of nitrogens with zero attached hydrogens (tertiary/aromatic N) is 3. The first-order chi connectivity index (χ1) is 12.7. The van der Waals surface area contributed by atoms with E-state index in [1.165, 1.54) is 11.8 Å². The highest BCUT2D eigenvalue weighted by atomic mass is 32.2. The maximum absolute atomic E-state index is 12.8. The molecular formula is C18H17N3O2S3. The van der Waals surface area contributed by atoms with E-state index in [4.69, 9.17) is 4.42 Å². The Kier molecular flexibility index (Phi) is 5.33. The molecule has 0 aliphatic carbocycles. The van der Waals surface area contributed by atoms with Gasteiger partial charge in [0, 0.05) is 16.7 Å². The van der Waals surface area contributed by atoms with Gasteiger partial charge in [-0.1, -0.05) is 36.9 Å². The molecule has 2 aromatic heterocycles. The van der Waals surface area contributed by atoms with Crippen molar-refractivity contribution in [2.24, 2.45) is 0 Å². The predicted molar refractivity (Wildman–Crippen MR) is 107 cm³/mol. The third-order valence-corrected chi connectivity index (χ3v) is 6.90. The summed E-state index contributed by atoms with van der Waals surface area (Å²) in [5.41, 5.74) is 0.997. The Bertz CT molecular complexity index is 895. The van der Waals surface area contributed by atoms with Gasteiger partial charge >= 0.3 is 0 Å². The maximum atomic E-state index is 12.8. The van der Waals surface area contributed by atoms with Crippen LogP contribution in [0.3, 0.4) is 0 Å². The summed E-state index contributed by atoms with van der Waals surface area (Å²) >= 11 is 4.67. The fourth-order valence-corrected chi connectivity index (χ4v) is 5.11. The second-order valence-corrected chi connectivity index (χ2v) is 9.22. The number of thiophene rings is 1. The molecule has 1 atom stereocenters. The van der Waals surface area contributed by atoms with Crippen molar-refractivity contribution in [2.75, 3.05) is 17.2 Å². The third-order valence-electron chi connectivity index (χ3n) is 4.00. The summed E-state index contributed by atoms with van der Waals surface area (Å²) in [4.78, 5) is 16.8. The van der Waals surface area contributed by atoms with Crippen molar-refractivity contribution in [3.8, 4) is 10.8 Å². The van der Waals surface area contributed by atoms with E-state index in [0.717, 1.165) is 28.4 Å². The molecule has 8 heteroatoms. The molecule has 5 nitrogen and oxygen atoms in total. The van der Waals surface area contributed by atoms with Crippen LogP contribution in [-0.2, 0) is 4.79 Å². The molecule has 0 N–H and O–H groups in total. The molecule has 0 saturated heterocycles. The van der Waals surface area contributed by atoms with E-state index in [2.05, 4.69) is 23.2 Å². The number of thioether (sulfide) groups is 2. The molecule has 0 bridgehead atoms. The van der Waals surface area contributed by atoms with Crippen LogP contribution in [0.15, 0.2) is 56.3 Å². The molecule has 0 saturated carbocycles. The fourth-order valence-electron chi connectivity index (χ4n) is 2.72. The van der Waals surface area contributed by atoms with Gasteiger partial charge in [0.25, 0.3) is 11.1 Å². The van der Waals surface area contributed by atoms with Gasteiger partial charge in [-0.3, -0.25) is 4.79 Å². The van der Waals surface area contributed by atoms with Crippen LogP contribution in [0.4, 0.5) is 5.69 Å². The van der Waals surface area contributed by atoms with Gasteiger partial charge in [0.1, 0.15) is 0 Å². The lowest BCUT2D eigenvalue weighted by Gasteiger charge is -2.22. The van der Waals surface area contributed by atoms with Gasteiger partial charge in [-0.2, -0.15) is 0 Å². The van der Waals surface area contributed by atoms with Gasteiger partial charge in [0.15, 0.2) is 0 Å². The van der Waals surface area contributed by atoms with Crippen LogP contribution in [0.25, 0.3) is 10.8 Å². The van der Waals surface area contributed by atoms with Crippen molar-refractivity contribution in [3.05, 3.63) is 41.8 Å². The number of carbonyl (C=O) groups is 1. The minimum Gasteiger partial charge on any atom is -0.410 e. The Morgan fingerprint density at radius 2 is 2.19 bits per heavy atom. The SMILES string of the molecule is CC1CCN(C(=O)CSc2nnc(-c3cccs3)o2)c2ccccc2S1. The Morgan fingerprint density at radius 1 is 1.31 bits per heavy atom. The molecule has 3 aromatic rings. The van der Waals surface area contributed by atoms with Crippen molar-refractivity contribution < 1.29 is 9.21 Å². The average Bonchev–Trinajstić information content (AvgIpc) is 3.29. The molecule has 0 fully saturated rings. The summed E-state index contributed by atoms with van der Waals surface area (Å²) in [6.45, 7) is 2.93. The lowest BCUT2D eigenvalue weighted by molar-refractivity contribution is -0.116. The third kappa shape index (κ3) is 3.82. The van der Waals surface area contributed by atoms with Crippen molar-refractivity contribution in [2.45, 2.75) is 28.7 Å². The number of rotatable bonds is 4. The maximum Gasteiger partial charge on any atom is 0.277 e. The van der Waals surface area contributed by atoms with Gasteiger partial charge < -0.3 is 9.32 Å². The second-order valence-electron chi connectivity index (χ2n) is 5.87. The molecule has 134 valence electrons. The van der Waals surface area contributed by atoms with Gasteiger partial charge in [-0.05, 0) is 30.0 Å². The molecule has 1 aliphatic rings. The van der Waals surface area contributed by atoms with Crippen LogP contribution in [0.2, 0.25) is 0 Å². The van der Waals surface area contributed by atoms with Crippen molar-refractivity contribution >= 4 is 46.5 Å². The summed E-state index contributed by atoms with van der Waals surface area (Å²) in [7, 11) is 0. The summed E-state index contributed by atoms with van der Waals surface area (Å²) in [5, 5.41) is 11.0. The lowest BCUT2D eigenvalue weighted by atomic mass is 10.2. The standard InChI is InChI=1S/C18H17N3O2S3/c1-12-8-9-21(13-5-2-3-6-14(13)26-12)16(22)11-25-18-20-19-17(23-18)15-7-4-10-24-15/h2-7,10,12H,8-9,11H2,1H3. The number of hydrogen-bond donors (Lipinski definition) is 0. The van der Waals surface area contributed by atoms with E-state index < -0.39 is 0 Å². The number of carbonyl (C=O) groups excluding carboxylic acids is 1. The van der Waals surface area contributed by atoms with Crippen molar-refractivity contribution in [1.82, 2.24) is 10.2 Å². The van der Waals surface area contributed by atoms with Crippen LogP contribution in [0.5, 0.6) is 0 Å². The second kappa shape index (κ2) is 7.85. The largest absolute Gasteiger partial charge is 0.410 e. The van der Waals surface area contributed by atoms with Crippen LogP contribution >= 0.6 is 34.9 Å². The molecule has 0 radical (unpaired) electrons. The molecule has 26 heavy (non-hydrogen) atoms. The zero-order chi connectivity index (χ0) is 17.9. The number of fused-ring (bicyclic) bond motifs is 1.